The summed E-state index contributed by atoms with van der Waals surface area (Å²) in [6.45, 7) is 4.07. The van der Waals surface area contributed by atoms with Gasteiger partial charge in [-0.1, -0.05) is 29.5 Å². The van der Waals surface area contributed by atoms with E-state index in [1.807, 2.05) is 54.9 Å². The Morgan fingerprint density at radius 2 is 1.96 bits per heavy atom. The summed E-state index contributed by atoms with van der Waals surface area (Å²) in [6, 6.07) is 13.8. The van der Waals surface area contributed by atoms with Crippen LogP contribution in [0.5, 0.6) is 0 Å². The lowest BCUT2D eigenvalue weighted by Crippen LogP contribution is -2.16. The van der Waals surface area contributed by atoms with E-state index in [9.17, 15) is 4.79 Å². The molecule has 0 saturated carbocycles. The Morgan fingerprint density at radius 3 is 2.79 bits per heavy atom. The fourth-order valence-electron chi connectivity index (χ4n) is 3.67. The number of fused-ring (bicyclic) bond motifs is 2. The highest BCUT2D eigenvalue weighted by Gasteiger charge is 2.26. The van der Waals surface area contributed by atoms with Gasteiger partial charge in [0.2, 0.25) is 5.13 Å². The van der Waals surface area contributed by atoms with Crippen LogP contribution < -0.4 is 5.32 Å². The van der Waals surface area contributed by atoms with Crippen LogP contribution in [0, 0.1) is 13.8 Å². The van der Waals surface area contributed by atoms with E-state index < -0.39 is 0 Å². The molecule has 1 amide bonds. The normalized spacial score (nSPS) is 13.1. The Labute approximate surface area is 167 Å². The number of para-hydroxylation sites is 1. The molecule has 1 aliphatic carbocycles. The maximum atomic E-state index is 13.0. The zero-order valence-corrected chi connectivity index (χ0v) is 16.6. The maximum Gasteiger partial charge on any atom is 0.256 e. The summed E-state index contributed by atoms with van der Waals surface area (Å²) in [5, 5.41) is 8.69. The predicted molar refractivity (Wildman–Crippen MR) is 113 cm³/mol. The molecule has 0 radical (unpaired) electrons. The van der Waals surface area contributed by atoms with Crippen molar-refractivity contribution in [1.29, 1.82) is 0 Å². The van der Waals surface area contributed by atoms with Crippen molar-refractivity contribution in [2.75, 3.05) is 5.32 Å². The Kier molecular flexibility index (Phi) is 4.02. The third kappa shape index (κ3) is 2.81. The minimum atomic E-state index is -0.111. The van der Waals surface area contributed by atoms with Crippen molar-refractivity contribution >= 4 is 33.3 Å². The molecule has 0 saturated heterocycles. The SMILES string of the molecule is Cc1ccc(C(=O)Nc2c3c(nn2-c2nc4ccccc4s2)CCC3)cc1C. The third-order valence-electron chi connectivity index (χ3n) is 5.37. The molecular weight excluding hydrogens is 368 g/mol. The standard InChI is InChI=1S/C22H20N4OS/c1-13-10-11-15(12-14(13)2)21(27)24-20-16-6-5-8-17(16)25-26(20)22-23-18-7-3-4-9-19(18)28-22/h3-4,7,9-12H,5-6,8H2,1-2H3,(H,24,27). The van der Waals surface area contributed by atoms with Gasteiger partial charge in [0.25, 0.3) is 5.91 Å². The van der Waals surface area contributed by atoms with Crippen molar-refractivity contribution < 1.29 is 4.79 Å². The van der Waals surface area contributed by atoms with Gasteiger partial charge < -0.3 is 5.32 Å². The highest BCUT2D eigenvalue weighted by molar-refractivity contribution is 7.20. The number of amides is 1. The number of anilines is 1. The van der Waals surface area contributed by atoms with Gasteiger partial charge in [-0.3, -0.25) is 4.79 Å². The second-order valence-corrected chi connectivity index (χ2v) is 8.27. The first-order valence-electron chi connectivity index (χ1n) is 9.45. The fraction of sp³-hybridized carbons (Fsp3) is 0.227. The van der Waals surface area contributed by atoms with E-state index in [1.165, 1.54) is 5.56 Å². The van der Waals surface area contributed by atoms with E-state index in [1.54, 1.807) is 11.3 Å². The van der Waals surface area contributed by atoms with E-state index in [4.69, 9.17) is 10.1 Å². The molecule has 4 aromatic rings. The van der Waals surface area contributed by atoms with Crippen LogP contribution in [-0.2, 0) is 12.8 Å². The van der Waals surface area contributed by atoms with Crippen LogP contribution >= 0.6 is 11.3 Å². The average Bonchev–Trinajstić information content (AvgIpc) is 3.38. The number of carbonyl (C=O) groups is 1. The summed E-state index contributed by atoms with van der Waals surface area (Å²) < 4.78 is 2.92. The molecular formula is C22H20N4OS. The van der Waals surface area contributed by atoms with Crippen LogP contribution in [0.1, 0.15) is 39.2 Å². The molecule has 28 heavy (non-hydrogen) atoms. The third-order valence-corrected chi connectivity index (χ3v) is 6.38. The Balaban J connectivity index is 1.57. The number of aromatic nitrogens is 3. The summed E-state index contributed by atoms with van der Waals surface area (Å²) in [4.78, 5) is 17.7. The second kappa shape index (κ2) is 6.56. The molecule has 6 heteroatoms. The Hall–Kier alpha value is -2.99. The molecule has 0 spiro atoms. The lowest BCUT2D eigenvalue weighted by atomic mass is 10.1. The van der Waals surface area contributed by atoms with Crippen LogP contribution in [0.2, 0.25) is 0 Å². The number of hydrogen-bond donors (Lipinski definition) is 1. The molecule has 0 aliphatic heterocycles. The van der Waals surface area contributed by atoms with Gasteiger partial charge in [-0.2, -0.15) is 9.78 Å². The zero-order chi connectivity index (χ0) is 19.3. The number of thiazole rings is 1. The number of hydrogen-bond acceptors (Lipinski definition) is 4. The first-order valence-corrected chi connectivity index (χ1v) is 10.3. The first-order chi connectivity index (χ1) is 13.6. The number of carbonyl (C=O) groups excluding carboxylic acids is 1. The number of nitrogens with zero attached hydrogens (tertiary/aromatic N) is 3. The van der Waals surface area contributed by atoms with Crippen LogP contribution in [-0.4, -0.2) is 20.7 Å². The van der Waals surface area contributed by atoms with Gasteiger partial charge in [0.05, 0.1) is 15.9 Å². The van der Waals surface area contributed by atoms with Gasteiger partial charge in [-0.25, -0.2) is 4.98 Å². The van der Waals surface area contributed by atoms with E-state index in [-0.39, 0.29) is 5.91 Å². The van der Waals surface area contributed by atoms with Crippen molar-refractivity contribution in [2.45, 2.75) is 33.1 Å². The fourth-order valence-corrected chi connectivity index (χ4v) is 4.60. The molecule has 5 nitrogen and oxygen atoms in total. The summed E-state index contributed by atoms with van der Waals surface area (Å²) in [7, 11) is 0. The van der Waals surface area contributed by atoms with Crippen LogP contribution in [0.15, 0.2) is 42.5 Å². The van der Waals surface area contributed by atoms with Gasteiger partial charge in [0.1, 0.15) is 5.82 Å². The molecule has 1 N–H and O–H groups in total. The summed E-state index contributed by atoms with van der Waals surface area (Å²) in [5.74, 6) is 0.648. The van der Waals surface area contributed by atoms with Crippen LogP contribution in [0.3, 0.4) is 0 Å². The molecule has 0 atom stereocenters. The Bertz CT molecular complexity index is 1190. The molecule has 5 rings (SSSR count). The van der Waals surface area contributed by atoms with E-state index in [2.05, 4.69) is 11.4 Å². The number of benzene rings is 2. The molecule has 2 heterocycles. The monoisotopic (exact) mass is 388 g/mol. The van der Waals surface area contributed by atoms with Crippen molar-refractivity contribution in [3.8, 4) is 5.13 Å². The molecule has 2 aromatic heterocycles. The molecule has 140 valence electrons. The predicted octanol–water partition coefficient (Wildman–Crippen LogP) is 4.84. The van der Waals surface area contributed by atoms with Gasteiger partial charge in [0.15, 0.2) is 0 Å². The summed E-state index contributed by atoms with van der Waals surface area (Å²) >= 11 is 1.59. The molecule has 2 aromatic carbocycles. The van der Waals surface area contributed by atoms with Crippen LogP contribution in [0.25, 0.3) is 15.3 Å². The van der Waals surface area contributed by atoms with Gasteiger partial charge in [0, 0.05) is 11.1 Å². The topological polar surface area (TPSA) is 59.8 Å². The quantitative estimate of drug-likeness (QED) is 0.546. The number of aryl methyl sites for hydroxylation is 3. The molecule has 0 bridgehead atoms. The van der Waals surface area contributed by atoms with Gasteiger partial charge in [-0.05, 0) is 68.5 Å². The first kappa shape index (κ1) is 17.1. The lowest BCUT2D eigenvalue weighted by molar-refractivity contribution is 0.102. The van der Waals surface area contributed by atoms with E-state index >= 15 is 0 Å². The maximum absolute atomic E-state index is 13.0. The minimum Gasteiger partial charge on any atom is -0.306 e. The second-order valence-electron chi connectivity index (χ2n) is 7.26. The van der Waals surface area contributed by atoms with Crippen LogP contribution in [0.4, 0.5) is 5.82 Å². The van der Waals surface area contributed by atoms with Crippen molar-refractivity contribution in [1.82, 2.24) is 14.8 Å². The number of rotatable bonds is 3. The van der Waals surface area contributed by atoms with Crippen molar-refractivity contribution in [3.63, 3.8) is 0 Å². The molecule has 1 aliphatic rings. The average molecular weight is 388 g/mol. The highest BCUT2D eigenvalue weighted by Crippen LogP contribution is 2.34. The molecule has 0 fully saturated rings. The van der Waals surface area contributed by atoms with Crippen molar-refractivity contribution in [3.05, 3.63) is 70.4 Å². The largest absolute Gasteiger partial charge is 0.306 e. The van der Waals surface area contributed by atoms with E-state index in [0.29, 0.717) is 5.56 Å². The van der Waals surface area contributed by atoms with Gasteiger partial charge in [-0.15, -0.1) is 0 Å². The van der Waals surface area contributed by atoms with Crippen molar-refractivity contribution in [2.24, 2.45) is 0 Å². The Morgan fingerprint density at radius 1 is 1.11 bits per heavy atom. The number of nitrogens with one attached hydrogen (secondary N) is 1. The summed E-state index contributed by atoms with van der Waals surface area (Å²) in [5.41, 5.74) is 6.09. The lowest BCUT2D eigenvalue weighted by Gasteiger charge is -2.10. The smallest absolute Gasteiger partial charge is 0.256 e. The minimum absolute atomic E-state index is 0.111. The highest BCUT2D eigenvalue weighted by atomic mass is 32.1. The molecule has 0 unspecified atom stereocenters. The van der Waals surface area contributed by atoms with E-state index in [0.717, 1.165) is 57.2 Å². The zero-order valence-electron chi connectivity index (χ0n) is 15.8. The summed E-state index contributed by atoms with van der Waals surface area (Å²) in [6.07, 6.45) is 2.95. The van der Waals surface area contributed by atoms with Gasteiger partial charge >= 0.3 is 0 Å².